The van der Waals surface area contributed by atoms with E-state index in [1.807, 2.05) is 30.3 Å². The maximum Gasteiger partial charge on any atom is 0.191 e. The van der Waals surface area contributed by atoms with Gasteiger partial charge in [-0.25, -0.2) is 4.99 Å². The van der Waals surface area contributed by atoms with Crippen LogP contribution in [0.2, 0.25) is 0 Å². The van der Waals surface area contributed by atoms with Gasteiger partial charge in [-0.15, -0.1) is 0 Å². The van der Waals surface area contributed by atoms with Gasteiger partial charge in [0.1, 0.15) is 17.9 Å². The standard InChI is InChI=1S/C20H31N3O2/c1-4-21-20(22-13-16(9-10-24)11-15(2)3)23-14-18-12-17-7-5-6-8-19(17)25-18/h5-8,12,15-16,24H,4,9-11,13-14H2,1-3H3,(H2,21,22,23). The molecule has 2 rings (SSSR count). The summed E-state index contributed by atoms with van der Waals surface area (Å²) in [6.45, 7) is 8.82. The summed E-state index contributed by atoms with van der Waals surface area (Å²) in [6, 6.07) is 10.0. The molecule has 0 saturated carbocycles. The molecule has 5 nitrogen and oxygen atoms in total. The summed E-state index contributed by atoms with van der Waals surface area (Å²) >= 11 is 0. The van der Waals surface area contributed by atoms with Crippen LogP contribution in [0.5, 0.6) is 0 Å². The lowest BCUT2D eigenvalue weighted by Gasteiger charge is -2.20. The van der Waals surface area contributed by atoms with E-state index in [2.05, 4.69) is 36.4 Å². The van der Waals surface area contributed by atoms with Crippen LogP contribution in [0.3, 0.4) is 0 Å². The second-order valence-corrected chi connectivity index (χ2v) is 6.83. The first-order valence-corrected chi connectivity index (χ1v) is 9.22. The first kappa shape index (κ1) is 19.3. The third-order valence-corrected chi connectivity index (χ3v) is 4.11. The summed E-state index contributed by atoms with van der Waals surface area (Å²) in [7, 11) is 0. The van der Waals surface area contributed by atoms with E-state index in [1.165, 1.54) is 0 Å². The summed E-state index contributed by atoms with van der Waals surface area (Å²) < 4.78 is 5.82. The van der Waals surface area contributed by atoms with E-state index in [-0.39, 0.29) is 6.61 Å². The number of aliphatic hydroxyl groups excluding tert-OH is 1. The smallest absolute Gasteiger partial charge is 0.191 e. The van der Waals surface area contributed by atoms with Crippen molar-refractivity contribution in [2.24, 2.45) is 16.8 Å². The van der Waals surface area contributed by atoms with Gasteiger partial charge in [-0.2, -0.15) is 0 Å². The average molecular weight is 345 g/mol. The van der Waals surface area contributed by atoms with Crippen LogP contribution < -0.4 is 10.6 Å². The van der Waals surface area contributed by atoms with Crippen molar-refractivity contribution in [3.63, 3.8) is 0 Å². The molecular formula is C20H31N3O2. The summed E-state index contributed by atoms with van der Waals surface area (Å²) in [5.41, 5.74) is 0.894. The number of fused-ring (bicyclic) bond motifs is 1. The number of aliphatic hydroxyl groups is 1. The van der Waals surface area contributed by atoms with E-state index in [4.69, 9.17) is 4.42 Å². The third-order valence-electron chi connectivity index (χ3n) is 4.11. The second kappa shape index (κ2) is 10.1. The number of para-hydroxylation sites is 1. The van der Waals surface area contributed by atoms with Gasteiger partial charge in [0, 0.05) is 25.1 Å². The van der Waals surface area contributed by atoms with Crippen molar-refractivity contribution in [2.45, 2.75) is 40.2 Å². The Morgan fingerprint density at radius 3 is 2.72 bits per heavy atom. The van der Waals surface area contributed by atoms with Gasteiger partial charge in [0.15, 0.2) is 5.96 Å². The van der Waals surface area contributed by atoms with E-state index in [9.17, 15) is 5.11 Å². The fourth-order valence-corrected chi connectivity index (χ4v) is 3.01. The summed E-state index contributed by atoms with van der Waals surface area (Å²) in [4.78, 5) is 4.63. The number of nitrogens with zero attached hydrogens (tertiary/aromatic N) is 1. The van der Waals surface area contributed by atoms with Crippen LogP contribution in [-0.4, -0.2) is 30.8 Å². The van der Waals surface area contributed by atoms with E-state index in [0.717, 1.165) is 48.6 Å². The predicted molar refractivity (Wildman–Crippen MR) is 104 cm³/mol. The average Bonchev–Trinajstić information content (AvgIpc) is 2.99. The number of hydrogen-bond acceptors (Lipinski definition) is 3. The normalized spacial score (nSPS) is 13.4. The Balaban J connectivity index is 1.96. The molecule has 0 amide bonds. The molecular weight excluding hydrogens is 314 g/mol. The minimum atomic E-state index is 0.228. The Labute approximate surface area is 150 Å². The first-order chi connectivity index (χ1) is 12.1. The second-order valence-electron chi connectivity index (χ2n) is 6.83. The highest BCUT2D eigenvalue weighted by Crippen LogP contribution is 2.19. The molecule has 25 heavy (non-hydrogen) atoms. The third kappa shape index (κ3) is 6.42. The topological polar surface area (TPSA) is 69.8 Å². The SMILES string of the molecule is CCNC(=NCc1cc2ccccc2o1)NCC(CCO)CC(C)C. The molecule has 0 radical (unpaired) electrons. The molecule has 0 aliphatic heterocycles. The van der Waals surface area contributed by atoms with Gasteiger partial charge in [0.05, 0.1) is 0 Å². The molecule has 0 spiro atoms. The quantitative estimate of drug-likeness (QED) is 0.480. The van der Waals surface area contributed by atoms with Crippen LogP contribution in [0, 0.1) is 11.8 Å². The molecule has 1 unspecified atom stereocenters. The molecule has 0 fully saturated rings. The van der Waals surface area contributed by atoms with E-state index < -0.39 is 0 Å². The zero-order valence-electron chi connectivity index (χ0n) is 15.6. The Hall–Kier alpha value is -2.01. The molecule has 0 aliphatic carbocycles. The number of furan rings is 1. The van der Waals surface area contributed by atoms with Crippen molar-refractivity contribution in [1.29, 1.82) is 0 Å². The Kier molecular flexibility index (Phi) is 7.79. The molecule has 1 aromatic heterocycles. The van der Waals surface area contributed by atoms with Crippen LogP contribution in [-0.2, 0) is 6.54 Å². The Bertz CT molecular complexity index is 631. The largest absolute Gasteiger partial charge is 0.459 e. The van der Waals surface area contributed by atoms with Crippen molar-refractivity contribution in [2.75, 3.05) is 19.7 Å². The molecule has 138 valence electrons. The monoisotopic (exact) mass is 345 g/mol. The van der Waals surface area contributed by atoms with E-state index >= 15 is 0 Å². The Morgan fingerprint density at radius 2 is 2.04 bits per heavy atom. The molecule has 0 saturated heterocycles. The maximum atomic E-state index is 9.25. The van der Waals surface area contributed by atoms with Crippen LogP contribution in [0.1, 0.15) is 39.4 Å². The minimum Gasteiger partial charge on any atom is -0.459 e. The van der Waals surface area contributed by atoms with Crippen molar-refractivity contribution in [3.8, 4) is 0 Å². The summed E-state index contributed by atoms with van der Waals surface area (Å²) in [5.74, 6) is 2.70. The summed E-state index contributed by atoms with van der Waals surface area (Å²) in [6.07, 6.45) is 1.91. The van der Waals surface area contributed by atoms with Crippen LogP contribution in [0.4, 0.5) is 0 Å². The maximum absolute atomic E-state index is 9.25. The summed E-state index contributed by atoms with van der Waals surface area (Å²) in [5, 5.41) is 17.0. The number of aliphatic imine (C=N–C) groups is 1. The Morgan fingerprint density at radius 1 is 1.24 bits per heavy atom. The van der Waals surface area contributed by atoms with E-state index in [0.29, 0.717) is 18.4 Å². The van der Waals surface area contributed by atoms with Crippen molar-refractivity contribution < 1.29 is 9.52 Å². The van der Waals surface area contributed by atoms with E-state index in [1.54, 1.807) is 0 Å². The zero-order valence-corrected chi connectivity index (χ0v) is 15.6. The molecule has 0 bridgehead atoms. The van der Waals surface area contributed by atoms with Gasteiger partial charge in [-0.05, 0) is 43.7 Å². The van der Waals surface area contributed by atoms with Crippen LogP contribution in [0.15, 0.2) is 39.7 Å². The number of nitrogens with one attached hydrogen (secondary N) is 2. The molecule has 1 atom stereocenters. The minimum absolute atomic E-state index is 0.228. The zero-order chi connectivity index (χ0) is 18.1. The lowest BCUT2D eigenvalue weighted by molar-refractivity contribution is 0.243. The molecule has 3 N–H and O–H groups in total. The highest BCUT2D eigenvalue weighted by molar-refractivity contribution is 5.80. The fourth-order valence-electron chi connectivity index (χ4n) is 3.01. The van der Waals surface area contributed by atoms with Gasteiger partial charge in [0.25, 0.3) is 0 Å². The molecule has 2 aromatic rings. The number of hydrogen-bond donors (Lipinski definition) is 3. The number of guanidine groups is 1. The number of rotatable bonds is 9. The lowest BCUT2D eigenvalue weighted by Crippen LogP contribution is -2.40. The van der Waals surface area contributed by atoms with Gasteiger partial charge < -0.3 is 20.2 Å². The van der Waals surface area contributed by atoms with Crippen molar-refractivity contribution in [3.05, 3.63) is 36.1 Å². The van der Waals surface area contributed by atoms with Crippen LogP contribution >= 0.6 is 0 Å². The van der Waals surface area contributed by atoms with Gasteiger partial charge in [0.2, 0.25) is 0 Å². The van der Waals surface area contributed by atoms with Crippen LogP contribution in [0.25, 0.3) is 11.0 Å². The lowest BCUT2D eigenvalue weighted by atomic mass is 9.94. The van der Waals surface area contributed by atoms with Crippen molar-refractivity contribution >= 4 is 16.9 Å². The molecule has 0 aliphatic rings. The molecule has 1 heterocycles. The van der Waals surface area contributed by atoms with Gasteiger partial charge >= 0.3 is 0 Å². The first-order valence-electron chi connectivity index (χ1n) is 9.22. The highest BCUT2D eigenvalue weighted by atomic mass is 16.3. The van der Waals surface area contributed by atoms with Gasteiger partial charge in [-0.1, -0.05) is 32.0 Å². The van der Waals surface area contributed by atoms with Crippen molar-refractivity contribution in [1.82, 2.24) is 10.6 Å². The fraction of sp³-hybridized carbons (Fsp3) is 0.550. The molecule has 5 heteroatoms. The predicted octanol–water partition coefficient (Wildman–Crippen LogP) is 3.53. The number of benzene rings is 1. The highest BCUT2D eigenvalue weighted by Gasteiger charge is 2.11. The molecule has 1 aromatic carbocycles. The van der Waals surface area contributed by atoms with Gasteiger partial charge in [-0.3, -0.25) is 0 Å².